The van der Waals surface area contributed by atoms with Gasteiger partial charge in [0.15, 0.2) is 0 Å². The molecule has 3 unspecified atom stereocenters. The molecule has 1 aliphatic heterocycles. The summed E-state index contributed by atoms with van der Waals surface area (Å²) >= 11 is 0. The first kappa shape index (κ1) is 15.0. The number of carbonyl (C=O) groups is 2. The van der Waals surface area contributed by atoms with Gasteiger partial charge in [0.05, 0.1) is 0 Å². The molecule has 1 rings (SSSR count). The van der Waals surface area contributed by atoms with Gasteiger partial charge in [-0.3, -0.25) is 9.59 Å². The largest absolute Gasteiger partial charge is 0.343 e. The highest BCUT2D eigenvalue weighted by molar-refractivity contribution is 5.96. The van der Waals surface area contributed by atoms with E-state index >= 15 is 0 Å². The van der Waals surface area contributed by atoms with E-state index in [-0.39, 0.29) is 29.9 Å². The Kier molecular flexibility index (Phi) is 5.63. The van der Waals surface area contributed by atoms with Crippen molar-refractivity contribution in [1.82, 2.24) is 10.2 Å². The number of piperazine rings is 1. The number of amides is 2. The van der Waals surface area contributed by atoms with Gasteiger partial charge in [-0.25, -0.2) is 0 Å². The smallest absolute Gasteiger partial charge is 0.245 e. The van der Waals surface area contributed by atoms with E-state index in [1.807, 2.05) is 13.8 Å². The zero-order valence-electron chi connectivity index (χ0n) is 12.0. The van der Waals surface area contributed by atoms with Crippen LogP contribution in [-0.4, -0.2) is 34.8 Å². The molecule has 1 fully saturated rings. The molecule has 1 aliphatic rings. The summed E-state index contributed by atoms with van der Waals surface area (Å²) in [5.74, 6) is 0.00704. The summed E-state index contributed by atoms with van der Waals surface area (Å²) in [6, 6.07) is -0.570. The van der Waals surface area contributed by atoms with E-state index in [0.717, 1.165) is 12.8 Å². The summed E-state index contributed by atoms with van der Waals surface area (Å²) in [5.41, 5.74) is 0. The van der Waals surface area contributed by atoms with Gasteiger partial charge in [0, 0.05) is 6.04 Å². The van der Waals surface area contributed by atoms with Gasteiger partial charge in [0.2, 0.25) is 11.8 Å². The molecular weight excluding hydrogens is 228 g/mol. The quantitative estimate of drug-likeness (QED) is 0.738. The van der Waals surface area contributed by atoms with Crippen molar-refractivity contribution in [3.05, 3.63) is 0 Å². The lowest BCUT2D eigenvalue weighted by atomic mass is 10.0. The normalized spacial score (nSPS) is 26.1. The fraction of sp³-hybridized carbons (Fsp3) is 0.857. The maximum absolute atomic E-state index is 12.1. The number of hydrogen-bond acceptors (Lipinski definition) is 2. The van der Waals surface area contributed by atoms with Crippen molar-refractivity contribution in [3.8, 4) is 0 Å². The molecule has 0 radical (unpaired) electrons. The Labute approximate surface area is 110 Å². The van der Waals surface area contributed by atoms with Gasteiger partial charge in [-0.2, -0.15) is 0 Å². The van der Waals surface area contributed by atoms with Gasteiger partial charge in [-0.15, -0.1) is 0 Å². The second-order valence-corrected chi connectivity index (χ2v) is 5.35. The van der Waals surface area contributed by atoms with E-state index in [0.29, 0.717) is 0 Å². The van der Waals surface area contributed by atoms with Crippen LogP contribution in [0.5, 0.6) is 0 Å². The second-order valence-electron chi connectivity index (χ2n) is 5.35. The lowest BCUT2D eigenvalue weighted by Gasteiger charge is -2.40. The molecule has 18 heavy (non-hydrogen) atoms. The predicted molar refractivity (Wildman–Crippen MR) is 72.1 cm³/mol. The summed E-state index contributed by atoms with van der Waals surface area (Å²) in [4.78, 5) is 25.6. The summed E-state index contributed by atoms with van der Waals surface area (Å²) in [5, 5.41) is 2.71. The number of rotatable bonds is 6. The van der Waals surface area contributed by atoms with E-state index in [4.69, 9.17) is 0 Å². The molecule has 2 amide bonds. The Morgan fingerprint density at radius 1 is 1.22 bits per heavy atom. The first-order chi connectivity index (χ1) is 8.49. The third-order valence-corrected chi connectivity index (χ3v) is 3.73. The van der Waals surface area contributed by atoms with Crippen LogP contribution in [0.15, 0.2) is 0 Å². The van der Waals surface area contributed by atoms with E-state index < -0.39 is 0 Å². The fourth-order valence-electron chi connectivity index (χ4n) is 2.54. The van der Waals surface area contributed by atoms with Crippen molar-refractivity contribution in [3.63, 3.8) is 0 Å². The van der Waals surface area contributed by atoms with E-state index in [9.17, 15) is 9.59 Å². The van der Waals surface area contributed by atoms with Crippen molar-refractivity contribution in [2.24, 2.45) is 0 Å². The predicted octanol–water partition coefficient (Wildman–Crippen LogP) is 2.08. The molecule has 4 heteroatoms. The summed E-state index contributed by atoms with van der Waals surface area (Å²) in [6.07, 6.45) is 5.77. The van der Waals surface area contributed by atoms with Crippen molar-refractivity contribution < 1.29 is 9.59 Å². The van der Waals surface area contributed by atoms with Crippen LogP contribution in [0.25, 0.3) is 0 Å². The maximum atomic E-state index is 12.1. The van der Waals surface area contributed by atoms with E-state index in [1.54, 1.807) is 11.8 Å². The lowest BCUT2D eigenvalue weighted by Crippen LogP contribution is -2.63. The molecular formula is C14H26N2O2. The minimum atomic E-state index is -0.383. The van der Waals surface area contributed by atoms with Crippen molar-refractivity contribution >= 4 is 11.8 Å². The number of hydrogen-bond donors (Lipinski definition) is 1. The van der Waals surface area contributed by atoms with Crippen LogP contribution in [0.3, 0.4) is 0 Å². The van der Waals surface area contributed by atoms with Gasteiger partial charge < -0.3 is 10.2 Å². The van der Waals surface area contributed by atoms with Gasteiger partial charge in [0.1, 0.15) is 12.1 Å². The van der Waals surface area contributed by atoms with Crippen molar-refractivity contribution in [2.45, 2.75) is 77.9 Å². The maximum Gasteiger partial charge on any atom is 0.245 e. The molecule has 1 N–H and O–H groups in total. The fourth-order valence-corrected chi connectivity index (χ4v) is 2.54. The second kappa shape index (κ2) is 6.76. The Morgan fingerprint density at radius 3 is 2.50 bits per heavy atom. The average Bonchev–Trinajstić information content (AvgIpc) is 2.32. The van der Waals surface area contributed by atoms with Crippen molar-refractivity contribution in [2.75, 3.05) is 0 Å². The molecule has 3 atom stereocenters. The topological polar surface area (TPSA) is 49.4 Å². The van der Waals surface area contributed by atoms with E-state index in [2.05, 4.69) is 12.2 Å². The van der Waals surface area contributed by atoms with Crippen LogP contribution in [0, 0.1) is 0 Å². The Morgan fingerprint density at radius 2 is 1.89 bits per heavy atom. The molecule has 0 aliphatic carbocycles. The summed E-state index contributed by atoms with van der Waals surface area (Å²) in [7, 11) is 0. The summed E-state index contributed by atoms with van der Waals surface area (Å²) < 4.78 is 0. The lowest BCUT2D eigenvalue weighted by molar-refractivity contribution is -0.150. The zero-order valence-corrected chi connectivity index (χ0v) is 12.0. The molecule has 0 spiro atoms. The number of carbonyl (C=O) groups excluding carboxylic acids is 2. The SMILES string of the molecule is CCCCCCC(C)N1C(=O)C(C)NC(=O)C1C. The Bertz CT molecular complexity index is 304. The van der Waals surface area contributed by atoms with Gasteiger partial charge in [0.25, 0.3) is 0 Å². The minimum absolute atomic E-state index is 0.0393. The molecule has 104 valence electrons. The molecule has 4 nitrogen and oxygen atoms in total. The first-order valence-corrected chi connectivity index (χ1v) is 7.11. The monoisotopic (exact) mass is 254 g/mol. The minimum Gasteiger partial charge on any atom is -0.343 e. The number of nitrogens with one attached hydrogen (secondary N) is 1. The van der Waals surface area contributed by atoms with Crippen LogP contribution >= 0.6 is 0 Å². The number of unbranched alkanes of at least 4 members (excludes halogenated alkanes) is 3. The highest BCUT2D eigenvalue weighted by atomic mass is 16.2. The standard InChI is InChI=1S/C14H26N2O2/c1-5-6-7-8-9-10(2)16-12(4)13(17)15-11(3)14(16)18/h10-12H,5-9H2,1-4H3,(H,15,17). The first-order valence-electron chi connectivity index (χ1n) is 7.11. The van der Waals surface area contributed by atoms with Gasteiger partial charge in [-0.1, -0.05) is 32.6 Å². The van der Waals surface area contributed by atoms with Crippen LogP contribution in [0.2, 0.25) is 0 Å². The molecule has 0 aromatic heterocycles. The Balaban J connectivity index is 2.55. The van der Waals surface area contributed by atoms with Crippen LogP contribution in [0.4, 0.5) is 0 Å². The molecule has 0 aromatic rings. The van der Waals surface area contributed by atoms with Crippen LogP contribution in [0.1, 0.15) is 59.8 Å². The van der Waals surface area contributed by atoms with Crippen LogP contribution in [-0.2, 0) is 9.59 Å². The average molecular weight is 254 g/mol. The molecule has 0 saturated carbocycles. The highest BCUT2D eigenvalue weighted by Gasteiger charge is 2.37. The third kappa shape index (κ3) is 3.47. The van der Waals surface area contributed by atoms with Crippen molar-refractivity contribution in [1.29, 1.82) is 0 Å². The van der Waals surface area contributed by atoms with Gasteiger partial charge in [-0.05, 0) is 27.2 Å². The third-order valence-electron chi connectivity index (χ3n) is 3.73. The molecule has 0 bridgehead atoms. The molecule has 0 aromatic carbocycles. The molecule has 1 heterocycles. The zero-order chi connectivity index (χ0) is 13.7. The molecule has 1 saturated heterocycles. The van der Waals surface area contributed by atoms with Crippen LogP contribution < -0.4 is 5.32 Å². The van der Waals surface area contributed by atoms with Gasteiger partial charge >= 0.3 is 0 Å². The van der Waals surface area contributed by atoms with E-state index in [1.165, 1.54) is 19.3 Å². The summed E-state index contributed by atoms with van der Waals surface area (Å²) in [6.45, 7) is 7.79. The Hall–Kier alpha value is -1.06. The number of nitrogens with zero attached hydrogens (tertiary/aromatic N) is 1. The highest BCUT2D eigenvalue weighted by Crippen LogP contribution is 2.18.